The first kappa shape index (κ1) is 15.4. The first-order valence-corrected chi connectivity index (χ1v) is 9.10. The fourth-order valence-corrected chi connectivity index (χ4v) is 4.29. The summed E-state index contributed by atoms with van der Waals surface area (Å²) in [6.07, 6.45) is 0.919. The lowest BCUT2D eigenvalue weighted by atomic mass is 10.1. The minimum absolute atomic E-state index is 0.0986. The van der Waals surface area contributed by atoms with E-state index in [0.717, 1.165) is 28.8 Å². The molecule has 112 valence electrons. The fraction of sp³-hybridized carbons (Fsp3) is 0.455. The van der Waals surface area contributed by atoms with Gasteiger partial charge in [0.15, 0.2) is 9.84 Å². The molecule has 0 spiro atoms. The van der Waals surface area contributed by atoms with E-state index in [-0.39, 0.29) is 30.5 Å². The third-order valence-electron chi connectivity index (χ3n) is 3.13. The van der Waals surface area contributed by atoms with E-state index in [1.54, 1.807) is 0 Å². The molecule has 0 atom stereocenters. The van der Waals surface area contributed by atoms with Crippen LogP contribution in [0.15, 0.2) is 28.0 Å². The number of rotatable bonds is 4. The van der Waals surface area contributed by atoms with Gasteiger partial charge in [-0.3, -0.25) is 0 Å². The number of sulfone groups is 1. The van der Waals surface area contributed by atoms with Gasteiger partial charge in [-0.2, -0.15) is 4.31 Å². The Bertz CT molecular complexity index is 723. The highest BCUT2D eigenvalue weighted by Gasteiger charge is 2.37. The van der Waals surface area contributed by atoms with E-state index in [1.807, 2.05) is 0 Å². The van der Waals surface area contributed by atoms with E-state index >= 15 is 0 Å². The molecule has 6 nitrogen and oxygen atoms in total. The molecule has 0 radical (unpaired) electrons. The van der Waals surface area contributed by atoms with Crippen LogP contribution in [0.3, 0.4) is 0 Å². The molecule has 1 aliphatic heterocycles. The number of hydrogen-bond donors (Lipinski definition) is 1. The molecule has 1 aromatic rings. The monoisotopic (exact) mass is 323 g/mol. The van der Waals surface area contributed by atoms with E-state index in [9.17, 15) is 21.2 Å². The number of aliphatic hydroxyl groups excluding tert-OH is 1. The van der Waals surface area contributed by atoms with Crippen molar-refractivity contribution >= 4 is 19.9 Å². The van der Waals surface area contributed by atoms with Gasteiger partial charge in [-0.1, -0.05) is 0 Å². The SMILES string of the molecule is CS(=O)(=O)c1ccc(F)c(S(=O)(=O)N2CC(CO)C2)c1. The number of hydrogen-bond acceptors (Lipinski definition) is 5. The molecule has 20 heavy (non-hydrogen) atoms. The van der Waals surface area contributed by atoms with E-state index < -0.39 is 30.6 Å². The van der Waals surface area contributed by atoms with Crippen molar-refractivity contribution in [3.05, 3.63) is 24.0 Å². The zero-order valence-corrected chi connectivity index (χ0v) is 12.3. The smallest absolute Gasteiger partial charge is 0.246 e. The lowest BCUT2D eigenvalue weighted by Crippen LogP contribution is -2.51. The first-order chi connectivity index (χ1) is 9.16. The predicted molar refractivity (Wildman–Crippen MR) is 68.8 cm³/mol. The summed E-state index contributed by atoms with van der Waals surface area (Å²) in [5.41, 5.74) is 0. The number of aliphatic hydroxyl groups is 1. The second-order valence-corrected chi connectivity index (χ2v) is 8.66. The Labute approximate surface area is 116 Å². The molecule has 1 heterocycles. The number of sulfonamides is 1. The van der Waals surface area contributed by atoms with Gasteiger partial charge in [-0.25, -0.2) is 21.2 Å². The van der Waals surface area contributed by atoms with Crippen LogP contribution in [0.1, 0.15) is 0 Å². The first-order valence-electron chi connectivity index (χ1n) is 5.77. The molecule has 0 aliphatic carbocycles. The molecule has 0 amide bonds. The molecule has 1 aliphatic rings. The van der Waals surface area contributed by atoms with Crippen molar-refractivity contribution in [2.45, 2.75) is 9.79 Å². The predicted octanol–water partition coefficient (Wildman–Crippen LogP) is -0.158. The van der Waals surface area contributed by atoms with E-state index in [1.165, 1.54) is 0 Å². The second kappa shape index (κ2) is 5.06. The molecule has 1 saturated heterocycles. The summed E-state index contributed by atoms with van der Waals surface area (Å²) in [4.78, 5) is -0.909. The Morgan fingerprint density at radius 1 is 1.30 bits per heavy atom. The third-order valence-corrected chi connectivity index (χ3v) is 6.09. The number of benzene rings is 1. The topological polar surface area (TPSA) is 91.8 Å². The Hall–Kier alpha value is -1.03. The van der Waals surface area contributed by atoms with Crippen molar-refractivity contribution < 1.29 is 26.3 Å². The van der Waals surface area contributed by atoms with Gasteiger partial charge < -0.3 is 5.11 Å². The van der Waals surface area contributed by atoms with Crippen molar-refractivity contribution in [2.24, 2.45) is 5.92 Å². The maximum absolute atomic E-state index is 13.7. The summed E-state index contributed by atoms with van der Waals surface area (Å²) in [6, 6.07) is 2.68. The van der Waals surface area contributed by atoms with Crippen molar-refractivity contribution in [1.82, 2.24) is 4.31 Å². The summed E-state index contributed by atoms with van der Waals surface area (Å²) < 4.78 is 61.9. The van der Waals surface area contributed by atoms with Gasteiger partial charge in [-0.05, 0) is 18.2 Å². The zero-order chi connectivity index (χ0) is 15.1. The lowest BCUT2D eigenvalue weighted by molar-refractivity contribution is 0.117. The number of nitrogens with zero attached hydrogens (tertiary/aromatic N) is 1. The van der Waals surface area contributed by atoms with Crippen LogP contribution in [0, 0.1) is 11.7 Å². The molecule has 0 bridgehead atoms. The second-order valence-electron chi connectivity index (χ2n) is 4.74. The molecule has 1 fully saturated rings. The number of halogens is 1. The molecular formula is C11H14FNO5S2. The molecule has 0 unspecified atom stereocenters. The van der Waals surface area contributed by atoms with Crippen molar-refractivity contribution in [3.8, 4) is 0 Å². The van der Waals surface area contributed by atoms with Crippen LogP contribution in [0.25, 0.3) is 0 Å². The summed E-state index contributed by atoms with van der Waals surface area (Å²) in [5.74, 6) is -1.16. The Balaban J connectivity index is 2.42. The Morgan fingerprint density at radius 2 is 1.90 bits per heavy atom. The summed E-state index contributed by atoms with van der Waals surface area (Å²) >= 11 is 0. The van der Waals surface area contributed by atoms with Crippen molar-refractivity contribution in [1.29, 1.82) is 0 Å². The highest BCUT2D eigenvalue weighted by atomic mass is 32.2. The van der Waals surface area contributed by atoms with Gasteiger partial charge >= 0.3 is 0 Å². The maximum Gasteiger partial charge on any atom is 0.246 e. The van der Waals surface area contributed by atoms with Gasteiger partial charge in [0, 0.05) is 31.9 Å². The summed E-state index contributed by atoms with van der Waals surface area (Å²) in [7, 11) is -7.70. The van der Waals surface area contributed by atoms with Crippen LogP contribution in [-0.4, -0.2) is 52.2 Å². The average Bonchev–Trinajstić information content (AvgIpc) is 2.25. The van der Waals surface area contributed by atoms with Crippen molar-refractivity contribution in [3.63, 3.8) is 0 Å². The highest BCUT2D eigenvalue weighted by Crippen LogP contribution is 2.28. The molecule has 2 rings (SSSR count). The van der Waals surface area contributed by atoms with Crippen LogP contribution in [0.4, 0.5) is 4.39 Å². The summed E-state index contributed by atoms with van der Waals surface area (Å²) in [5, 5.41) is 8.87. The van der Waals surface area contributed by atoms with E-state index in [2.05, 4.69) is 0 Å². The minimum Gasteiger partial charge on any atom is -0.396 e. The van der Waals surface area contributed by atoms with Crippen LogP contribution in [0.5, 0.6) is 0 Å². The van der Waals surface area contributed by atoms with Crippen molar-refractivity contribution in [2.75, 3.05) is 26.0 Å². The lowest BCUT2D eigenvalue weighted by Gasteiger charge is -2.36. The van der Waals surface area contributed by atoms with Crippen LogP contribution in [0.2, 0.25) is 0 Å². The van der Waals surface area contributed by atoms with E-state index in [0.29, 0.717) is 0 Å². The maximum atomic E-state index is 13.7. The third kappa shape index (κ3) is 2.71. The molecule has 0 aromatic heterocycles. The Morgan fingerprint density at radius 3 is 2.40 bits per heavy atom. The van der Waals surface area contributed by atoms with E-state index in [4.69, 9.17) is 5.11 Å². The zero-order valence-electron chi connectivity index (χ0n) is 10.7. The van der Waals surface area contributed by atoms with Crippen LogP contribution < -0.4 is 0 Å². The normalized spacial score (nSPS) is 17.9. The molecule has 9 heteroatoms. The Kier molecular flexibility index (Phi) is 3.89. The molecular weight excluding hydrogens is 309 g/mol. The summed E-state index contributed by atoms with van der Waals surface area (Å²) in [6.45, 7) is 0.0562. The van der Waals surface area contributed by atoms with Crippen LogP contribution >= 0.6 is 0 Å². The molecule has 0 saturated carbocycles. The standard InChI is InChI=1S/C11H14FNO5S2/c1-19(15,16)9-2-3-10(12)11(4-9)20(17,18)13-5-8(6-13)7-14/h2-4,8,14H,5-7H2,1H3. The fourth-order valence-electron chi connectivity index (χ4n) is 1.89. The largest absolute Gasteiger partial charge is 0.396 e. The van der Waals surface area contributed by atoms with Gasteiger partial charge in [0.25, 0.3) is 0 Å². The van der Waals surface area contributed by atoms with Gasteiger partial charge in [0.1, 0.15) is 10.7 Å². The van der Waals surface area contributed by atoms with Gasteiger partial charge in [0.2, 0.25) is 10.0 Å². The van der Waals surface area contributed by atoms with Gasteiger partial charge in [-0.15, -0.1) is 0 Å². The average molecular weight is 323 g/mol. The quantitative estimate of drug-likeness (QED) is 0.778. The minimum atomic E-state index is -4.08. The van der Waals surface area contributed by atoms with Gasteiger partial charge in [0.05, 0.1) is 4.90 Å². The molecule has 1 aromatic carbocycles. The molecule has 1 N–H and O–H groups in total. The van der Waals surface area contributed by atoms with Crippen LogP contribution in [-0.2, 0) is 19.9 Å². The highest BCUT2D eigenvalue weighted by molar-refractivity contribution is 7.91.